The molecule has 3 nitrogen and oxygen atoms in total. The molecule has 0 amide bonds. The number of aromatic nitrogens is 1. The Kier molecular flexibility index (Phi) is 4.65. The number of nitrogens with two attached hydrogens (primary N) is 1. The zero-order valence-electron chi connectivity index (χ0n) is 12.5. The summed E-state index contributed by atoms with van der Waals surface area (Å²) in [6.07, 6.45) is 3.28. The molecular weight excluding hydrogens is 296 g/mol. The maximum atomic E-state index is 13.8. The van der Waals surface area contributed by atoms with Gasteiger partial charge in [-0.15, -0.1) is 0 Å². The normalized spacial score (nSPS) is 13.5. The third-order valence-corrected chi connectivity index (χ3v) is 3.51. The molecule has 23 heavy (non-hydrogen) atoms. The van der Waals surface area contributed by atoms with Gasteiger partial charge in [-0.3, -0.25) is 0 Å². The van der Waals surface area contributed by atoms with Crippen LogP contribution in [0.3, 0.4) is 0 Å². The van der Waals surface area contributed by atoms with Gasteiger partial charge >= 0.3 is 0 Å². The third-order valence-electron chi connectivity index (χ3n) is 3.51. The molecule has 1 aliphatic rings. The highest BCUT2D eigenvalue weighted by atomic mass is 19.1. The van der Waals surface area contributed by atoms with Gasteiger partial charge in [0, 0.05) is 17.3 Å². The van der Waals surface area contributed by atoms with Crippen molar-refractivity contribution >= 4 is 0 Å². The Morgan fingerprint density at radius 2 is 2.13 bits per heavy atom. The van der Waals surface area contributed by atoms with Crippen LogP contribution < -0.4 is 5.43 Å². The van der Waals surface area contributed by atoms with Crippen LogP contribution in [0.25, 0.3) is 11.1 Å². The molecule has 116 valence electrons. The molecule has 3 rings (SSSR count). The lowest BCUT2D eigenvalue weighted by Crippen LogP contribution is -2.90. The smallest absolute Gasteiger partial charge is 0.220 e. The lowest BCUT2D eigenvalue weighted by atomic mass is 10.0. The zero-order valence-corrected chi connectivity index (χ0v) is 12.5. The molecule has 0 saturated carbocycles. The Morgan fingerprint density at radius 1 is 1.22 bits per heavy atom. The number of benzene rings is 1. The van der Waals surface area contributed by atoms with Gasteiger partial charge < -0.3 is 0 Å². The second kappa shape index (κ2) is 7.03. The number of nitrogens with zero attached hydrogens (tertiary/aromatic N) is 2. The summed E-state index contributed by atoms with van der Waals surface area (Å²) in [6.45, 7) is 0.692. The summed E-state index contributed by atoms with van der Waals surface area (Å²) in [7, 11) is 0. The molecule has 0 unspecified atom stereocenters. The van der Waals surface area contributed by atoms with Crippen molar-refractivity contribution in [1.29, 1.82) is 0 Å². The number of hydrogen-bond acceptors (Lipinski definition) is 2. The summed E-state index contributed by atoms with van der Waals surface area (Å²) in [6, 6.07) is 10.8. The van der Waals surface area contributed by atoms with Crippen molar-refractivity contribution in [3.8, 4) is 23.0 Å². The number of quaternary nitrogens is 1. The maximum Gasteiger partial charge on any atom is 0.220 e. The van der Waals surface area contributed by atoms with E-state index in [1.165, 1.54) is 6.20 Å². The highest BCUT2D eigenvalue weighted by molar-refractivity contribution is 5.65. The number of alkyl halides is 1. The highest BCUT2D eigenvalue weighted by Gasteiger charge is 2.13. The number of hydrogen-bond donors (Lipinski definition) is 1. The fraction of sp³-hybridized carbons (Fsp3) is 0.167. The van der Waals surface area contributed by atoms with Gasteiger partial charge in [0.15, 0.2) is 0 Å². The van der Waals surface area contributed by atoms with Crippen LogP contribution in [-0.4, -0.2) is 29.8 Å². The fourth-order valence-electron chi connectivity index (χ4n) is 2.38. The standard InChI is InChI=1S/C18H15F2N3/c19-8-10-23-13-15(12-22-23)7-6-14-3-1-4-16(11-14)17-5-2-9-21-18(17)20/h1-5,9,11,13,22H,8,10,12H2/p+1. The predicted molar refractivity (Wildman–Crippen MR) is 84.1 cm³/mol. The van der Waals surface area contributed by atoms with E-state index in [-0.39, 0.29) is 6.67 Å². The molecule has 0 radical (unpaired) electrons. The largest absolute Gasteiger partial charge is 0.249 e. The van der Waals surface area contributed by atoms with Crippen molar-refractivity contribution < 1.29 is 14.2 Å². The molecule has 0 fully saturated rings. The second-order valence-corrected chi connectivity index (χ2v) is 5.14. The van der Waals surface area contributed by atoms with Crippen LogP contribution >= 0.6 is 0 Å². The molecule has 0 aliphatic carbocycles. The van der Waals surface area contributed by atoms with E-state index in [0.29, 0.717) is 18.7 Å². The lowest BCUT2D eigenvalue weighted by Gasteiger charge is -2.07. The zero-order chi connectivity index (χ0) is 16.1. The molecule has 0 atom stereocenters. The molecule has 1 aromatic carbocycles. The predicted octanol–water partition coefficient (Wildman–Crippen LogP) is 1.89. The summed E-state index contributed by atoms with van der Waals surface area (Å²) in [4.78, 5) is 3.67. The average molecular weight is 312 g/mol. The lowest BCUT2D eigenvalue weighted by molar-refractivity contribution is -0.777. The summed E-state index contributed by atoms with van der Waals surface area (Å²) in [5, 5.41) is 1.81. The van der Waals surface area contributed by atoms with E-state index < -0.39 is 5.95 Å². The van der Waals surface area contributed by atoms with Crippen LogP contribution in [0, 0.1) is 17.8 Å². The Labute approximate surface area is 133 Å². The maximum absolute atomic E-state index is 13.8. The van der Waals surface area contributed by atoms with Gasteiger partial charge in [0.05, 0.1) is 18.3 Å². The first-order chi connectivity index (χ1) is 11.3. The first-order valence-electron chi connectivity index (χ1n) is 7.35. The van der Waals surface area contributed by atoms with E-state index in [4.69, 9.17) is 0 Å². The van der Waals surface area contributed by atoms with Gasteiger partial charge in [-0.25, -0.2) is 19.8 Å². The van der Waals surface area contributed by atoms with Gasteiger partial charge in [-0.1, -0.05) is 24.0 Å². The highest BCUT2D eigenvalue weighted by Crippen LogP contribution is 2.21. The van der Waals surface area contributed by atoms with Crippen LogP contribution in [0.1, 0.15) is 5.56 Å². The minimum Gasteiger partial charge on any atom is -0.249 e. The topological polar surface area (TPSA) is 32.7 Å². The Hall–Kier alpha value is -2.71. The molecule has 2 N–H and O–H groups in total. The molecule has 0 spiro atoms. The van der Waals surface area contributed by atoms with Crippen molar-refractivity contribution in [3.63, 3.8) is 0 Å². The van der Waals surface area contributed by atoms with Crippen LogP contribution in [0.5, 0.6) is 0 Å². The van der Waals surface area contributed by atoms with Gasteiger partial charge in [0.1, 0.15) is 13.2 Å². The van der Waals surface area contributed by atoms with Gasteiger partial charge in [-0.05, 0) is 29.8 Å². The van der Waals surface area contributed by atoms with Gasteiger partial charge in [0.25, 0.3) is 0 Å². The van der Waals surface area contributed by atoms with Crippen LogP contribution in [0.4, 0.5) is 8.78 Å². The minimum absolute atomic E-state index is 0.362. The quantitative estimate of drug-likeness (QED) is 0.533. The van der Waals surface area contributed by atoms with Crippen molar-refractivity contribution in [2.75, 3.05) is 19.8 Å². The molecule has 1 aromatic heterocycles. The van der Waals surface area contributed by atoms with Crippen LogP contribution in [0.15, 0.2) is 54.4 Å². The summed E-state index contributed by atoms with van der Waals surface area (Å²) in [5.41, 5.74) is 4.87. The van der Waals surface area contributed by atoms with E-state index in [2.05, 4.69) is 16.8 Å². The molecular formula is C18H16F2N3+. The van der Waals surface area contributed by atoms with Gasteiger partial charge in [-0.2, -0.15) is 4.39 Å². The summed E-state index contributed by atoms with van der Waals surface area (Å²) in [5.74, 6) is 5.67. The monoisotopic (exact) mass is 312 g/mol. The van der Waals surface area contributed by atoms with E-state index in [9.17, 15) is 8.78 Å². The van der Waals surface area contributed by atoms with Crippen LogP contribution in [-0.2, 0) is 0 Å². The Balaban J connectivity index is 1.81. The number of halogens is 2. The molecule has 0 bridgehead atoms. The molecule has 5 heteroatoms. The first kappa shape index (κ1) is 15.2. The Bertz CT molecular complexity index is 790. The van der Waals surface area contributed by atoms with Gasteiger partial charge in [0.2, 0.25) is 5.95 Å². The molecule has 2 heterocycles. The molecule has 0 saturated heterocycles. The van der Waals surface area contributed by atoms with Crippen molar-refractivity contribution in [3.05, 3.63) is 65.9 Å². The number of pyridine rings is 1. The van der Waals surface area contributed by atoms with Crippen LogP contribution in [0.2, 0.25) is 0 Å². The third kappa shape index (κ3) is 3.74. The summed E-state index contributed by atoms with van der Waals surface area (Å²) < 4.78 is 26.1. The molecule has 1 aliphatic heterocycles. The van der Waals surface area contributed by atoms with E-state index in [1.54, 1.807) is 12.1 Å². The van der Waals surface area contributed by atoms with Crippen molar-refractivity contribution in [1.82, 2.24) is 9.99 Å². The van der Waals surface area contributed by atoms with E-state index in [0.717, 1.165) is 16.7 Å². The molecule has 2 aromatic rings. The Morgan fingerprint density at radius 3 is 2.96 bits per heavy atom. The SMILES string of the molecule is FCCN1C=C(C#Cc2cccc(-c3cccnc3F)c2)C[NH2+]1. The van der Waals surface area contributed by atoms with Crippen molar-refractivity contribution in [2.45, 2.75) is 0 Å². The number of rotatable bonds is 3. The van der Waals surface area contributed by atoms with Crippen molar-refractivity contribution in [2.24, 2.45) is 0 Å². The summed E-state index contributed by atoms with van der Waals surface area (Å²) >= 11 is 0. The fourth-order valence-corrected chi connectivity index (χ4v) is 2.38. The minimum atomic E-state index is -0.493. The van der Waals surface area contributed by atoms with E-state index in [1.807, 2.05) is 40.9 Å². The first-order valence-corrected chi connectivity index (χ1v) is 7.35. The average Bonchev–Trinajstić information content (AvgIpc) is 3.02. The second-order valence-electron chi connectivity index (χ2n) is 5.14. The van der Waals surface area contributed by atoms with E-state index >= 15 is 0 Å².